The number of esters is 1. The van der Waals surface area contributed by atoms with Crippen LogP contribution in [0.4, 0.5) is 5.82 Å². The van der Waals surface area contributed by atoms with Gasteiger partial charge in [0.1, 0.15) is 15.7 Å². The molecule has 0 aliphatic rings. The molecule has 0 unspecified atom stereocenters. The molecule has 0 aliphatic heterocycles. The smallest absolute Gasteiger partial charge is 0.350 e. The average molecular weight is 370 g/mol. The maximum atomic E-state index is 12.3. The molecule has 0 saturated carbocycles. The Morgan fingerprint density at radius 3 is 2.62 bits per heavy atom. The number of carbonyl (C=O) groups is 2. The van der Waals surface area contributed by atoms with Gasteiger partial charge >= 0.3 is 5.97 Å². The van der Waals surface area contributed by atoms with Crippen LogP contribution in [0, 0.1) is 13.8 Å². The summed E-state index contributed by atoms with van der Waals surface area (Å²) in [5, 5.41) is 7.53. The van der Waals surface area contributed by atoms with Gasteiger partial charge < -0.3 is 10.1 Å². The molecule has 0 spiro atoms. The molecule has 0 atom stereocenters. The second-order valence-electron chi connectivity index (χ2n) is 5.72. The van der Waals surface area contributed by atoms with Crippen LogP contribution in [0.15, 0.2) is 36.4 Å². The third-order valence-electron chi connectivity index (χ3n) is 3.61. The molecule has 3 aromatic rings. The van der Waals surface area contributed by atoms with Crippen LogP contribution in [0.2, 0.25) is 0 Å². The Hall–Kier alpha value is -3.00. The van der Waals surface area contributed by atoms with Gasteiger partial charge in [0.25, 0.3) is 5.91 Å². The molecule has 1 aromatic carbocycles. The van der Waals surface area contributed by atoms with E-state index in [2.05, 4.69) is 15.4 Å². The number of ether oxygens (including phenoxy) is 1. The molecule has 3 rings (SSSR count). The van der Waals surface area contributed by atoms with Crippen molar-refractivity contribution in [1.29, 1.82) is 0 Å². The van der Waals surface area contributed by atoms with Gasteiger partial charge in [-0.25, -0.2) is 9.78 Å². The number of aromatic nitrogens is 3. The van der Waals surface area contributed by atoms with Crippen molar-refractivity contribution in [3.05, 3.63) is 52.7 Å². The summed E-state index contributed by atoms with van der Waals surface area (Å²) < 4.78 is 6.68. The van der Waals surface area contributed by atoms with Gasteiger partial charge in [-0.05, 0) is 13.8 Å². The van der Waals surface area contributed by atoms with E-state index in [1.165, 1.54) is 11.3 Å². The van der Waals surface area contributed by atoms with Gasteiger partial charge in [-0.1, -0.05) is 30.3 Å². The van der Waals surface area contributed by atoms with Crippen molar-refractivity contribution in [2.45, 2.75) is 13.8 Å². The SMILES string of the molecule is Cc1cc(NC(=O)COC(=O)c2sc(-c3ccccc3)nc2C)n(C)n1. The third kappa shape index (κ3) is 3.97. The Labute approximate surface area is 154 Å². The minimum Gasteiger partial charge on any atom is -0.451 e. The summed E-state index contributed by atoms with van der Waals surface area (Å²) in [7, 11) is 1.72. The van der Waals surface area contributed by atoms with Crippen molar-refractivity contribution in [3.63, 3.8) is 0 Å². The molecule has 2 heterocycles. The zero-order valence-corrected chi connectivity index (χ0v) is 15.5. The highest BCUT2D eigenvalue weighted by Gasteiger charge is 2.19. The summed E-state index contributed by atoms with van der Waals surface area (Å²) in [6, 6.07) is 11.3. The number of hydrogen-bond donors (Lipinski definition) is 1. The van der Waals surface area contributed by atoms with Gasteiger partial charge in [-0.15, -0.1) is 11.3 Å². The van der Waals surface area contributed by atoms with Crippen molar-refractivity contribution in [2.24, 2.45) is 7.05 Å². The molecule has 8 heteroatoms. The summed E-state index contributed by atoms with van der Waals surface area (Å²) in [6.45, 7) is 3.20. The Balaban J connectivity index is 1.62. The van der Waals surface area contributed by atoms with Crippen LogP contribution >= 0.6 is 11.3 Å². The Kier molecular flexibility index (Phi) is 5.13. The first kappa shape index (κ1) is 17.8. The predicted octanol–water partition coefficient (Wildman–Crippen LogP) is 2.96. The zero-order chi connectivity index (χ0) is 18.7. The third-order valence-corrected chi connectivity index (χ3v) is 4.79. The Morgan fingerprint density at radius 1 is 1.23 bits per heavy atom. The Bertz CT molecular complexity index is 947. The molecule has 0 radical (unpaired) electrons. The molecule has 7 nitrogen and oxygen atoms in total. The number of rotatable bonds is 5. The summed E-state index contributed by atoms with van der Waals surface area (Å²) in [4.78, 5) is 29.1. The van der Waals surface area contributed by atoms with Crippen LogP contribution in [0.3, 0.4) is 0 Å². The first-order valence-electron chi connectivity index (χ1n) is 7.94. The van der Waals surface area contributed by atoms with E-state index in [1.807, 2.05) is 37.3 Å². The van der Waals surface area contributed by atoms with Gasteiger partial charge in [0.2, 0.25) is 0 Å². The molecule has 1 amide bonds. The largest absolute Gasteiger partial charge is 0.451 e. The molecular formula is C18H18N4O3S. The fraction of sp³-hybridized carbons (Fsp3) is 0.222. The molecule has 0 saturated heterocycles. The minimum absolute atomic E-state index is 0.374. The summed E-state index contributed by atoms with van der Waals surface area (Å²) in [5.41, 5.74) is 2.30. The van der Waals surface area contributed by atoms with Gasteiger partial charge in [0.05, 0.1) is 11.4 Å². The first-order chi connectivity index (χ1) is 12.4. The van der Waals surface area contributed by atoms with Crippen molar-refractivity contribution in [2.75, 3.05) is 11.9 Å². The number of nitrogens with zero attached hydrogens (tertiary/aromatic N) is 3. The van der Waals surface area contributed by atoms with Crippen molar-refractivity contribution in [1.82, 2.24) is 14.8 Å². The summed E-state index contributed by atoms with van der Waals surface area (Å²) in [6.07, 6.45) is 0. The molecule has 134 valence electrons. The number of benzene rings is 1. The molecule has 0 bridgehead atoms. The lowest BCUT2D eigenvalue weighted by molar-refractivity contribution is -0.119. The maximum Gasteiger partial charge on any atom is 0.350 e. The monoisotopic (exact) mass is 370 g/mol. The van der Waals surface area contributed by atoms with E-state index < -0.39 is 11.9 Å². The van der Waals surface area contributed by atoms with E-state index in [9.17, 15) is 9.59 Å². The van der Waals surface area contributed by atoms with Crippen LogP contribution in [-0.4, -0.2) is 33.2 Å². The van der Waals surface area contributed by atoms with Crippen LogP contribution in [0.25, 0.3) is 10.6 Å². The average Bonchev–Trinajstić information content (AvgIpc) is 3.15. The van der Waals surface area contributed by atoms with Gasteiger partial charge in [0.15, 0.2) is 6.61 Å². The molecule has 0 fully saturated rings. The van der Waals surface area contributed by atoms with E-state index in [0.29, 0.717) is 16.4 Å². The summed E-state index contributed by atoms with van der Waals surface area (Å²) in [5.74, 6) is -0.436. The van der Waals surface area contributed by atoms with Crippen LogP contribution in [0.1, 0.15) is 21.1 Å². The molecular weight excluding hydrogens is 352 g/mol. The predicted molar refractivity (Wildman–Crippen MR) is 99.1 cm³/mol. The van der Waals surface area contributed by atoms with E-state index in [-0.39, 0.29) is 6.61 Å². The lowest BCUT2D eigenvalue weighted by atomic mass is 10.2. The lowest BCUT2D eigenvalue weighted by Gasteiger charge is -2.06. The maximum absolute atomic E-state index is 12.3. The van der Waals surface area contributed by atoms with E-state index in [4.69, 9.17) is 4.74 Å². The van der Waals surface area contributed by atoms with E-state index in [0.717, 1.165) is 16.3 Å². The number of anilines is 1. The highest BCUT2D eigenvalue weighted by Crippen LogP contribution is 2.28. The van der Waals surface area contributed by atoms with E-state index in [1.54, 1.807) is 24.7 Å². The van der Waals surface area contributed by atoms with Crippen molar-refractivity contribution in [3.8, 4) is 10.6 Å². The zero-order valence-electron chi connectivity index (χ0n) is 14.6. The molecule has 0 aliphatic carbocycles. The summed E-state index contributed by atoms with van der Waals surface area (Å²) >= 11 is 1.25. The van der Waals surface area contributed by atoms with Crippen molar-refractivity contribution < 1.29 is 14.3 Å². The lowest BCUT2D eigenvalue weighted by Crippen LogP contribution is -2.22. The quantitative estimate of drug-likeness (QED) is 0.698. The highest BCUT2D eigenvalue weighted by molar-refractivity contribution is 7.17. The molecule has 2 aromatic heterocycles. The standard InChI is InChI=1S/C18H18N4O3S/c1-11-9-14(22(3)21-11)20-15(23)10-25-18(24)16-12(2)19-17(26-16)13-7-5-4-6-8-13/h4-9H,10H2,1-3H3,(H,20,23). The van der Waals surface area contributed by atoms with Crippen molar-refractivity contribution >= 4 is 29.0 Å². The van der Waals surface area contributed by atoms with Gasteiger partial charge in [-0.2, -0.15) is 5.10 Å². The second kappa shape index (κ2) is 7.49. The first-order valence-corrected chi connectivity index (χ1v) is 8.76. The molecule has 26 heavy (non-hydrogen) atoms. The van der Waals surface area contributed by atoms with Gasteiger partial charge in [0, 0.05) is 18.7 Å². The number of nitrogens with one attached hydrogen (secondary N) is 1. The normalized spacial score (nSPS) is 10.6. The van der Waals surface area contributed by atoms with E-state index >= 15 is 0 Å². The topological polar surface area (TPSA) is 86.1 Å². The van der Waals surface area contributed by atoms with Crippen LogP contribution < -0.4 is 5.32 Å². The van der Waals surface area contributed by atoms with Crippen LogP contribution in [-0.2, 0) is 16.6 Å². The van der Waals surface area contributed by atoms with Crippen LogP contribution in [0.5, 0.6) is 0 Å². The Morgan fingerprint density at radius 2 is 1.96 bits per heavy atom. The highest BCUT2D eigenvalue weighted by atomic mass is 32.1. The number of carbonyl (C=O) groups excluding carboxylic acids is 2. The number of hydrogen-bond acceptors (Lipinski definition) is 6. The number of thiazole rings is 1. The van der Waals surface area contributed by atoms with Gasteiger partial charge in [-0.3, -0.25) is 9.48 Å². The fourth-order valence-corrected chi connectivity index (χ4v) is 3.36. The second-order valence-corrected chi connectivity index (χ2v) is 6.72. The fourth-order valence-electron chi connectivity index (χ4n) is 2.39. The number of aryl methyl sites for hydroxylation is 3. The molecule has 1 N–H and O–H groups in total. The number of amides is 1. The minimum atomic E-state index is -0.557.